The van der Waals surface area contributed by atoms with E-state index >= 15 is 0 Å². The molecule has 4 aromatic carbocycles. The molecule has 0 aliphatic rings. The summed E-state index contributed by atoms with van der Waals surface area (Å²) in [5.41, 5.74) is 9.11. The SMILES string of the molecule is [2H]C([2H])([2H])c1cc(-c2cncc3oc4c(-c5nc6ccccc6n5-c5c(C)cc(C)cc5C)cccc4c23)cc(C([2H])([2H])[2H])c1. The van der Waals surface area contributed by atoms with E-state index in [9.17, 15) is 0 Å². The Kier molecular flexibility index (Phi) is 3.94. The van der Waals surface area contributed by atoms with Gasteiger partial charge in [0.05, 0.1) is 28.5 Å². The number of benzene rings is 4. The van der Waals surface area contributed by atoms with Crippen LogP contribution in [-0.2, 0) is 0 Å². The maximum atomic E-state index is 8.01. The first-order valence-electron chi connectivity index (χ1n) is 15.8. The molecule has 39 heavy (non-hydrogen) atoms. The number of nitrogens with zero attached hydrogens (tertiary/aromatic N) is 3. The lowest BCUT2D eigenvalue weighted by Crippen LogP contribution is -2.03. The minimum atomic E-state index is -2.49. The molecule has 0 atom stereocenters. The van der Waals surface area contributed by atoms with Crippen LogP contribution in [0.1, 0.15) is 36.0 Å². The Hall–Kier alpha value is -4.70. The Labute approximate surface area is 236 Å². The van der Waals surface area contributed by atoms with Crippen LogP contribution in [0.3, 0.4) is 0 Å². The summed E-state index contributed by atoms with van der Waals surface area (Å²) in [5.74, 6) is 0.722. The molecule has 0 radical (unpaired) electrons. The van der Waals surface area contributed by atoms with Crippen molar-refractivity contribution in [2.45, 2.75) is 34.5 Å². The molecule has 190 valence electrons. The van der Waals surface area contributed by atoms with Gasteiger partial charge in [0.2, 0.25) is 0 Å². The third kappa shape index (κ3) is 3.67. The van der Waals surface area contributed by atoms with Crippen molar-refractivity contribution >= 4 is 33.0 Å². The van der Waals surface area contributed by atoms with Gasteiger partial charge in [0, 0.05) is 30.8 Å². The third-order valence-electron chi connectivity index (χ3n) is 7.31. The molecule has 3 heterocycles. The van der Waals surface area contributed by atoms with Crippen LogP contribution in [0.5, 0.6) is 0 Å². The Morgan fingerprint density at radius 3 is 2.31 bits per heavy atom. The van der Waals surface area contributed by atoms with Crippen molar-refractivity contribution in [3.8, 4) is 28.2 Å². The van der Waals surface area contributed by atoms with Gasteiger partial charge in [-0.3, -0.25) is 9.55 Å². The number of furan rings is 1. The number of para-hydroxylation sites is 3. The maximum Gasteiger partial charge on any atom is 0.154 e. The van der Waals surface area contributed by atoms with E-state index in [4.69, 9.17) is 17.6 Å². The maximum absolute atomic E-state index is 8.01. The van der Waals surface area contributed by atoms with E-state index in [0.29, 0.717) is 27.7 Å². The topological polar surface area (TPSA) is 43.9 Å². The summed E-state index contributed by atoms with van der Waals surface area (Å²) in [6.45, 7) is 1.32. The van der Waals surface area contributed by atoms with Crippen molar-refractivity contribution < 1.29 is 12.6 Å². The minimum absolute atomic E-state index is 0.0471. The van der Waals surface area contributed by atoms with Crippen LogP contribution in [-0.4, -0.2) is 14.5 Å². The van der Waals surface area contributed by atoms with Crippen molar-refractivity contribution in [1.29, 1.82) is 0 Å². The monoisotopic (exact) mass is 513 g/mol. The van der Waals surface area contributed by atoms with E-state index in [1.807, 2.05) is 36.4 Å². The van der Waals surface area contributed by atoms with Crippen molar-refractivity contribution in [2.24, 2.45) is 0 Å². The molecule has 4 nitrogen and oxygen atoms in total. The Bertz CT molecular complexity index is 2240. The second kappa shape index (κ2) is 8.67. The van der Waals surface area contributed by atoms with Gasteiger partial charge in [-0.05, 0) is 69.4 Å². The lowest BCUT2D eigenvalue weighted by Gasteiger charge is -2.16. The summed E-state index contributed by atoms with van der Waals surface area (Å²) < 4.78 is 56.7. The highest BCUT2D eigenvalue weighted by Crippen LogP contribution is 2.41. The molecule has 0 bridgehead atoms. The van der Waals surface area contributed by atoms with Crippen molar-refractivity contribution in [3.63, 3.8) is 0 Å². The Morgan fingerprint density at radius 1 is 0.769 bits per heavy atom. The van der Waals surface area contributed by atoms with Crippen LogP contribution >= 0.6 is 0 Å². The average molecular weight is 514 g/mol. The van der Waals surface area contributed by atoms with Crippen LogP contribution in [0, 0.1) is 34.5 Å². The second-order valence-electron chi connectivity index (χ2n) is 10.2. The summed E-state index contributed by atoms with van der Waals surface area (Å²) in [6, 6.07) is 22.5. The summed E-state index contributed by atoms with van der Waals surface area (Å²) in [4.78, 5) is 9.51. The van der Waals surface area contributed by atoms with E-state index in [2.05, 4.69) is 48.5 Å². The molecule has 7 rings (SSSR count). The number of pyridine rings is 1. The van der Waals surface area contributed by atoms with Gasteiger partial charge in [-0.15, -0.1) is 0 Å². The summed E-state index contributed by atoms with van der Waals surface area (Å²) in [5, 5.41) is 1.50. The highest BCUT2D eigenvalue weighted by molar-refractivity contribution is 6.15. The van der Waals surface area contributed by atoms with Crippen LogP contribution in [0.2, 0.25) is 0 Å². The summed E-state index contributed by atoms with van der Waals surface area (Å²) in [6.07, 6.45) is 3.25. The fraction of sp³-hybridized carbons (Fsp3) is 0.143. The number of rotatable bonds is 3. The van der Waals surface area contributed by atoms with Crippen LogP contribution in [0.4, 0.5) is 0 Å². The fourth-order valence-electron chi connectivity index (χ4n) is 5.89. The quantitative estimate of drug-likeness (QED) is 0.236. The molecule has 0 N–H and O–H groups in total. The summed E-state index contributed by atoms with van der Waals surface area (Å²) >= 11 is 0. The molecule has 0 saturated heterocycles. The van der Waals surface area contributed by atoms with E-state index < -0.39 is 13.7 Å². The predicted molar refractivity (Wildman–Crippen MR) is 161 cm³/mol. The van der Waals surface area contributed by atoms with Crippen LogP contribution < -0.4 is 0 Å². The fourth-order valence-corrected chi connectivity index (χ4v) is 5.89. The zero-order valence-corrected chi connectivity index (χ0v) is 21.8. The van der Waals surface area contributed by atoms with Gasteiger partial charge in [0.25, 0.3) is 0 Å². The first kappa shape index (κ1) is 17.7. The van der Waals surface area contributed by atoms with Gasteiger partial charge in [-0.2, -0.15) is 0 Å². The van der Waals surface area contributed by atoms with Crippen molar-refractivity contribution in [2.75, 3.05) is 0 Å². The van der Waals surface area contributed by atoms with Crippen LogP contribution in [0.25, 0.3) is 61.2 Å². The third-order valence-corrected chi connectivity index (χ3v) is 7.31. The predicted octanol–water partition coefficient (Wildman–Crippen LogP) is 9.20. The van der Waals surface area contributed by atoms with Crippen molar-refractivity contribution in [3.05, 3.63) is 113 Å². The van der Waals surface area contributed by atoms with Crippen LogP contribution in [0.15, 0.2) is 89.6 Å². The van der Waals surface area contributed by atoms with Gasteiger partial charge < -0.3 is 4.42 Å². The molecule has 0 amide bonds. The average Bonchev–Trinajstić information content (AvgIpc) is 3.54. The zero-order chi connectivity index (χ0) is 31.8. The van der Waals surface area contributed by atoms with Crippen molar-refractivity contribution in [1.82, 2.24) is 14.5 Å². The standard InChI is InChI=1S/C35H29N3O/c1-20-13-21(2)17-25(16-20)28-18-36-19-31-32(28)26-9-8-10-27(34(26)39-31)35-37-29-11-6-7-12-30(29)38(35)33-23(4)14-22(3)15-24(33)5/h6-19H,1-5H3/i1D3,2D3. The Morgan fingerprint density at radius 2 is 1.54 bits per heavy atom. The second-order valence-corrected chi connectivity index (χ2v) is 10.2. The molecule has 3 aromatic heterocycles. The highest BCUT2D eigenvalue weighted by Gasteiger charge is 2.22. The minimum Gasteiger partial charge on any atom is -0.454 e. The molecule has 0 unspecified atom stereocenters. The van der Waals surface area contributed by atoms with E-state index in [0.717, 1.165) is 44.6 Å². The largest absolute Gasteiger partial charge is 0.454 e. The summed E-state index contributed by atoms with van der Waals surface area (Å²) in [7, 11) is 0. The van der Waals surface area contributed by atoms with Gasteiger partial charge in [0.15, 0.2) is 5.58 Å². The van der Waals surface area contributed by atoms with Gasteiger partial charge in [-0.25, -0.2) is 4.98 Å². The molecule has 0 aliphatic carbocycles. The number of aryl methyl sites for hydroxylation is 5. The van der Waals surface area contributed by atoms with Gasteiger partial charge in [-0.1, -0.05) is 71.3 Å². The molecular formula is C35H29N3O. The zero-order valence-electron chi connectivity index (χ0n) is 27.8. The molecular weight excluding hydrogens is 478 g/mol. The smallest absolute Gasteiger partial charge is 0.154 e. The Balaban J connectivity index is 1.53. The molecule has 4 heteroatoms. The molecule has 0 aliphatic heterocycles. The van der Waals surface area contributed by atoms with Gasteiger partial charge >= 0.3 is 0 Å². The first-order chi connectivity index (χ1) is 21.3. The number of hydrogen-bond acceptors (Lipinski definition) is 3. The lowest BCUT2D eigenvalue weighted by molar-refractivity contribution is 0.667. The van der Waals surface area contributed by atoms with E-state index in [1.54, 1.807) is 12.4 Å². The highest BCUT2D eigenvalue weighted by atomic mass is 16.3. The first-order valence-corrected chi connectivity index (χ1v) is 12.8. The molecule has 0 saturated carbocycles. The number of hydrogen-bond donors (Lipinski definition) is 0. The van der Waals surface area contributed by atoms with E-state index in [-0.39, 0.29) is 11.1 Å². The van der Waals surface area contributed by atoms with Gasteiger partial charge in [0.1, 0.15) is 11.4 Å². The number of imidazole rings is 1. The lowest BCUT2D eigenvalue weighted by atomic mass is 9.97. The van der Waals surface area contributed by atoms with E-state index in [1.165, 1.54) is 23.8 Å². The normalized spacial score (nSPS) is 14.6. The number of aromatic nitrogens is 3. The molecule has 7 aromatic rings. The number of fused-ring (bicyclic) bond motifs is 4. The molecule has 0 fully saturated rings. The molecule has 0 spiro atoms.